The minimum absolute atomic E-state index is 0.188. The summed E-state index contributed by atoms with van der Waals surface area (Å²) in [5, 5.41) is 15.8. The average Bonchev–Trinajstić information content (AvgIpc) is 3.08. The van der Waals surface area contributed by atoms with Crippen molar-refractivity contribution in [3.05, 3.63) is 71.5 Å². The number of benzene rings is 1. The van der Waals surface area contributed by atoms with Crippen molar-refractivity contribution in [2.24, 2.45) is 0 Å². The molecule has 1 aromatic carbocycles. The summed E-state index contributed by atoms with van der Waals surface area (Å²) in [6, 6.07) is 9.51. The van der Waals surface area contributed by atoms with Gasteiger partial charge in [0.25, 0.3) is 5.91 Å². The average molecular weight is 355 g/mol. The summed E-state index contributed by atoms with van der Waals surface area (Å²) in [5.74, 6) is -2.62. The second-order valence-corrected chi connectivity index (χ2v) is 5.50. The van der Waals surface area contributed by atoms with Gasteiger partial charge in [-0.25, -0.2) is 9.18 Å². The zero-order valence-electron chi connectivity index (χ0n) is 13.6. The van der Waals surface area contributed by atoms with E-state index in [0.29, 0.717) is 5.56 Å². The molecule has 0 bridgehead atoms. The number of aromatic carboxylic acids is 1. The lowest BCUT2D eigenvalue weighted by Crippen LogP contribution is -2.28. The lowest BCUT2D eigenvalue weighted by atomic mass is 10.0. The summed E-state index contributed by atoms with van der Waals surface area (Å²) in [6.45, 7) is 1.60. The number of pyridine rings is 1. The quantitative estimate of drug-likeness (QED) is 0.729. The van der Waals surface area contributed by atoms with E-state index < -0.39 is 29.5 Å². The summed E-state index contributed by atoms with van der Waals surface area (Å²) in [6.07, 6.45) is 1.48. The van der Waals surface area contributed by atoms with Crippen LogP contribution in [0, 0.1) is 5.82 Å². The van der Waals surface area contributed by atoms with Crippen LogP contribution in [0.25, 0.3) is 11.3 Å². The van der Waals surface area contributed by atoms with E-state index in [1.165, 1.54) is 36.5 Å². The molecule has 0 fully saturated rings. The van der Waals surface area contributed by atoms with Crippen LogP contribution >= 0.6 is 0 Å². The number of nitrogens with zero attached hydrogens (tertiary/aromatic N) is 2. The number of carbonyl (C=O) groups is 2. The van der Waals surface area contributed by atoms with E-state index in [0.717, 1.165) is 0 Å². The van der Waals surface area contributed by atoms with Crippen LogP contribution < -0.4 is 5.32 Å². The lowest BCUT2D eigenvalue weighted by Gasteiger charge is -2.14. The molecular formula is C18H14FN3O4. The highest BCUT2D eigenvalue weighted by molar-refractivity contribution is 5.93. The molecule has 0 aliphatic heterocycles. The molecule has 0 saturated carbocycles. The minimum Gasteiger partial charge on any atom is -0.475 e. The molecule has 2 aromatic heterocycles. The normalized spacial score (nSPS) is 11.8. The first-order valence-electron chi connectivity index (χ1n) is 7.68. The first-order valence-corrected chi connectivity index (χ1v) is 7.68. The van der Waals surface area contributed by atoms with Gasteiger partial charge in [-0.1, -0.05) is 11.2 Å². The Balaban J connectivity index is 1.96. The minimum atomic E-state index is -1.32. The number of carboxylic acids is 1. The van der Waals surface area contributed by atoms with Crippen LogP contribution in [0.3, 0.4) is 0 Å². The molecule has 26 heavy (non-hydrogen) atoms. The first-order chi connectivity index (χ1) is 12.5. The third-order valence-corrected chi connectivity index (χ3v) is 3.72. The molecule has 0 saturated heterocycles. The van der Waals surface area contributed by atoms with Gasteiger partial charge in [0.1, 0.15) is 17.2 Å². The van der Waals surface area contributed by atoms with Crippen molar-refractivity contribution in [3.8, 4) is 11.3 Å². The molecule has 1 amide bonds. The fourth-order valence-electron chi connectivity index (χ4n) is 2.51. The Bertz CT molecular complexity index is 939. The monoisotopic (exact) mass is 355 g/mol. The number of aromatic nitrogens is 2. The fourth-order valence-corrected chi connectivity index (χ4v) is 2.51. The van der Waals surface area contributed by atoms with Crippen LogP contribution in [-0.4, -0.2) is 27.1 Å². The molecule has 3 aromatic rings. The number of amides is 1. The van der Waals surface area contributed by atoms with E-state index in [4.69, 9.17) is 4.52 Å². The van der Waals surface area contributed by atoms with Gasteiger partial charge in [0.15, 0.2) is 0 Å². The number of carbonyl (C=O) groups excluding carboxylic acids is 1. The molecule has 0 radical (unpaired) electrons. The number of carboxylic acid groups (broad SMARTS) is 1. The van der Waals surface area contributed by atoms with Crippen LogP contribution in [-0.2, 0) is 0 Å². The van der Waals surface area contributed by atoms with Crippen molar-refractivity contribution in [1.82, 2.24) is 15.5 Å². The van der Waals surface area contributed by atoms with Crippen LogP contribution in [0.2, 0.25) is 0 Å². The van der Waals surface area contributed by atoms with Crippen LogP contribution in [0.15, 0.2) is 53.2 Å². The summed E-state index contributed by atoms with van der Waals surface area (Å²) in [7, 11) is 0. The summed E-state index contributed by atoms with van der Waals surface area (Å²) >= 11 is 0. The van der Waals surface area contributed by atoms with Crippen molar-refractivity contribution < 1.29 is 23.6 Å². The zero-order valence-corrected chi connectivity index (χ0v) is 13.6. The molecule has 0 spiro atoms. The lowest BCUT2D eigenvalue weighted by molar-refractivity contribution is 0.0648. The molecule has 2 N–H and O–H groups in total. The van der Waals surface area contributed by atoms with Gasteiger partial charge in [0.2, 0.25) is 5.76 Å². The predicted octanol–water partition coefficient (Wildman–Crippen LogP) is 3.06. The molecule has 1 atom stereocenters. The summed E-state index contributed by atoms with van der Waals surface area (Å²) in [4.78, 5) is 27.7. The van der Waals surface area contributed by atoms with Gasteiger partial charge >= 0.3 is 5.97 Å². The highest BCUT2D eigenvalue weighted by Gasteiger charge is 2.28. The molecule has 0 aliphatic rings. The van der Waals surface area contributed by atoms with Crippen LogP contribution in [0.4, 0.5) is 4.39 Å². The highest BCUT2D eigenvalue weighted by atomic mass is 19.1. The van der Waals surface area contributed by atoms with Gasteiger partial charge < -0.3 is 14.9 Å². The van der Waals surface area contributed by atoms with Gasteiger partial charge in [0.05, 0.1) is 11.6 Å². The number of rotatable bonds is 5. The standard InChI is InChI=1S/C18H14FN3O4/c1-10(21-17(23)13-4-2-3-9-20-13)14-15(22-26-16(14)18(24)25)11-5-7-12(19)8-6-11/h2-10H,1H3,(H,21,23)(H,24,25). The zero-order chi connectivity index (χ0) is 18.7. The highest BCUT2D eigenvalue weighted by Crippen LogP contribution is 2.31. The van der Waals surface area contributed by atoms with Crippen LogP contribution in [0.1, 0.15) is 39.6 Å². The fraction of sp³-hybridized carbons (Fsp3) is 0.111. The molecule has 7 nitrogen and oxygen atoms in total. The van der Waals surface area contributed by atoms with Gasteiger partial charge in [-0.05, 0) is 43.3 Å². The molecule has 3 rings (SSSR count). The molecular weight excluding hydrogens is 341 g/mol. The number of nitrogens with one attached hydrogen (secondary N) is 1. The van der Waals surface area contributed by atoms with Crippen molar-refractivity contribution >= 4 is 11.9 Å². The van der Waals surface area contributed by atoms with Crippen molar-refractivity contribution in [1.29, 1.82) is 0 Å². The largest absolute Gasteiger partial charge is 0.475 e. The Hall–Kier alpha value is -3.55. The van der Waals surface area contributed by atoms with Crippen molar-refractivity contribution in [2.75, 3.05) is 0 Å². The molecule has 1 unspecified atom stereocenters. The van der Waals surface area contributed by atoms with E-state index in [-0.39, 0.29) is 17.0 Å². The maximum Gasteiger partial charge on any atom is 0.375 e. The third-order valence-electron chi connectivity index (χ3n) is 3.72. The Labute approximate surface area is 147 Å². The second-order valence-electron chi connectivity index (χ2n) is 5.50. The smallest absolute Gasteiger partial charge is 0.375 e. The number of hydrogen-bond donors (Lipinski definition) is 2. The van der Waals surface area contributed by atoms with Gasteiger partial charge in [-0.3, -0.25) is 9.78 Å². The van der Waals surface area contributed by atoms with Gasteiger partial charge in [-0.2, -0.15) is 0 Å². The molecule has 2 heterocycles. The van der Waals surface area contributed by atoms with Crippen molar-refractivity contribution in [3.63, 3.8) is 0 Å². The molecule has 132 valence electrons. The van der Waals surface area contributed by atoms with E-state index in [9.17, 15) is 19.1 Å². The Morgan fingerprint density at radius 1 is 1.19 bits per heavy atom. The third kappa shape index (κ3) is 3.44. The maximum absolute atomic E-state index is 13.2. The van der Waals surface area contributed by atoms with E-state index in [2.05, 4.69) is 15.5 Å². The number of hydrogen-bond acceptors (Lipinski definition) is 5. The van der Waals surface area contributed by atoms with E-state index >= 15 is 0 Å². The van der Waals surface area contributed by atoms with Gasteiger partial charge in [-0.15, -0.1) is 0 Å². The summed E-state index contributed by atoms with van der Waals surface area (Å²) < 4.78 is 18.1. The van der Waals surface area contributed by atoms with Gasteiger partial charge in [0, 0.05) is 11.8 Å². The predicted molar refractivity (Wildman–Crippen MR) is 89.0 cm³/mol. The Morgan fingerprint density at radius 3 is 2.54 bits per heavy atom. The second kappa shape index (κ2) is 7.14. The number of halogens is 1. The topological polar surface area (TPSA) is 105 Å². The molecule has 0 aliphatic carbocycles. The SMILES string of the molecule is CC(NC(=O)c1ccccn1)c1c(-c2ccc(F)cc2)noc1C(=O)O. The summed E-state index contributed by atoms with van der Waals surface area (Å²) in [5.41, 5.74) is 1.07. The maximum atomic E-state index is 13.2. The first kappa shape index (κ1) is 17.3. The Kier molecular flexibility index (Phi) is 4.74. The van der Waals surface area contributed by atoms with E-state index in [1.54, 1.807) is 19.1 Å². The molecule has 8 heteroatoms. The van der Waals surface area contributed by atoms with Crippen molar-refractivity contribution in [2.45, 2.75) is 13.0 Å². The van der Waals surface area contributed by atoms with Crippen LogP contribution in [0.5, 0.6) is 0 Å². The van der Waals surface area contributed by atoms with E-state index in [1.807, 2.05) is 0 Å². The Morgan fingerprint density at radius 2 is 1.92 bits per heavy atom.